The summed E-state index contributed by atoms with van der Waals surface area (Å²) in [6.45, 7) is 2.33. The molecule has 3 aromatic rings. The molecular formula is C31H36FN3O6S. The second-order valence-electron chi connectivity index (χ2n) is 10.1. The number of anilines is 1. The lowest BCUT2D eigenvalue weighted by molar-refractivity contribution is -0.141. The van der Waals surface area contributed by atoms with Crippen LogP contribution in [0.25, 0.3) is 0 Å². The van der Waals surface area contributed by atoms with Crippen LogP contribution in [-0.2, 0) is 32.6 Å². The Morgan fingerprint density at radius 1 is 1.00 bits per heavy atom. The first-order valence-corrected chi connectivity index (χ1v) is 15.7. The highest BCUT2D eigenvalue weighted by atomic mass is 32.2. The highest BCUT2D eigenvalue weighted by Gasteiger charge is 2.31. The Kier molecular flexibility index (Phi) is 10.4. The summed E-state index contributed by atoms with van der Waals surface area (Å²) >= 11 is 0. The monoisotopic (exact) mass is 597 g/mol. The summed E-state index contributed by atoms with van der Waals surface area (Å²) in [4.78, 5) is 28.6. The zero-order chi connectivity index (χ0) is 30.1. The summed E-state index contributed by atoms with van der Waals surface area (Å²) in [6.07, 6.45) is 2.16. The third kappa shape index (κ3) is 8.00. The van der Waals surface area contributed by atoms with Gasteiger partial charge >= 0.3 is 0 Å². The number of fused-ring (bicyclic) bond motifs is 1. The van der Waals surface area contributed by atoms with Gasteiger partial charge in [-0.3, -0.25) is 13.9 Å². The Bertz CT molecular complexity index is 1480. The molecule has 0 radical (unpaired) electrons. The molecule has 42 heavy (non-hydrogen) atoms. The smallest absolute Gasteiger partial charge is 0.243 e. The summed E-state index contributed by atoms with van der Waals surface area (Å²) in [5.41, 5.74) is 1.52. The van der Waals surface area contributed by atoms with Crippen molar-refractivity contribution in [1.29, 1.82) is 0 Å². The van der Waals surface area contributed by atoms with E-state index in [1.807, 2.05) is 37.3 Å². The first-order valence-electron chi connectivity index (χ1n) is 13.9. The number of hydrogen-bond donors (Lipinski definition) is 1. The van der Waals surface area contributed by atoms with Gasteiger partial charge in [-0.2, -0.15) is 0 Å². The van der Waals surface area contributed by atoms with E-state index in [1.165, 1.54) is 15.3 Å². The third-order valence-electron chi connectivity index (χ3n) is 6.92. The number of carbonyl (C=O) groups is 2. The fraction of sp³-hybridized carbons (Fsp3) is 0.355. The van der Waals surface area contributed by atoms with E-state index >= 15 is 0 Å². The summed E-state index contributed by atoms with van der Waals surface area (Å²) in [7, 11) is -3.69. The predicted octanol–water partition coefficient (Wildman–Crippen LogP) is 4.27. The van der Waals surface area contributed by atoms with Crippen LogP contribution in [0, 0.1) is 5.82 Å². The summed E-state index contributed by atoms with van der Waals surface area (Å²) < 4.78 is 52.0. The van der Waals surface area contributed by atoms with Crippen LogP contribution in [0.3, 0.4) is 0 Å². The Morgan fingerprint density at radius 2 is 1.71 bits per heavy atom. The zero-order valence-electron chi connectivity index (χ0n) is 23.8. The normalized spacial score (nSPS) is 12.9. The van der Waals surface area contributed by atoms with E-state index < -0.39 is 21.9 Å². The predicted molar refractivity (Wildman–Crippen MR) is 158 cm³/mol. The van der Waals surface area contributed by atoms with E-state index in [-0.39, 0.29) is 56.5 Å². The van der Waals surface area contributed by atoms with Gasteiger partial charge in [0.15, 0.2) is 11.5 Å². The van der Waals surface area contributed by atoms with Crippen LogP contribution in [0.2, 0.25) is 0 Å². The number of rotatable bonds is 14. The zero-order valence-corrected chi connectivity index (χ0v) is 24.6. The molecule has 0 saturated carbocycles. The molecule has 1 atom stereocenters. The maximum absolute atomic E-state index is 14.7. The van der Waals surface area contributed by atoms with Crippen molar-refractivity contribution in [3.8, 4) is 11.5 Å². The molecule has 1 aliphatic rings. The molecule has 11 heteroatoms. The van der Waals surface area contributed by atoms with Gasteiger partial charge in [0.25, 0.3) is 0 Å². The van der Waals surface area contributed by atoms with Crippen molar-refractivity contribution >= 4 is 27.5 Å². The van der Waals surface area contributed by atoms with Crippen LogP contribution in [0.1, 0.15) is 37.3 Å². The molecule has 9 nitrogen and oxygen atoms in total. The highest BCUT2D eigenvalue weighted by molar-refractivity contribution is 7.92. The van der Waals surface area contributed by atoms with Crippen LogP contribution in [-0.4, -0.2) is 57.3 Å². The molecule has 2 amide bonds. The molecule has 3 aromatic carbocycles. The van der Waals surface area contributed by atoms with Crippen LogP contribution in [0.5, 0.6) is 11.5 Å². The Balaban J connectivity index is 1.57. The van der Waals surface area contributed by atoms with Gasteiger partial charge in [-0.25, -0.2) is 12.8 Å². The minimum Gasteiger partial charge on any atom is -0.454 e. The molecule has 1 heterocycles. The third-order valence-corrected chi connectivity index (χ3v) is 8.11. The number of sulfonamides is 1. The highest BCUT2D eigenvalue weighted by Crippen LogP contribution is 2.36. The minimum absolute atomic E-state index is 0.0170. The van der Waals surface area contributed by atoms with E-state index in [9.17, 15) is 22.4 Å². The number of hydrogen-bond acceptors (Lipinski definition) is 6. The Morgan fingerprint density at radius 3 is 2.43 bits per heavy atom. The standard InChI is InChI=1S/C31H36FN3O6S/c1-3-17-33-31(37)27(19-23-10-5-4-6-11-23)34(21-24-12-7-8-13-26(24)32)30(36)14-9-18-35(42(2,38)39)25-15-16-28-29(20-25)41-22-40-28/h4-8,10-13,15-16,20,27H,3,9,14,17-19,21-22H2,1-2H3,(H,33,37). The molecule has 0 spiro atoms. The summed E-state index contributed by atoms with van der Waals surface area (Å²) in [6, 6.07) is 19.4. The lowest BCUT2D eigenvalue weighted by Gasteiger charge is -2.32. The van der Waals surface area contributed by atoms with Gasteiger partial charge in [0, 0.05) is 44.1 Å². The van der Waals surface area contributed by atoms with E-state index in [0.717, 1.165) is 11.8 Å². The van der Waals surface area contributed by atoms with Crippen molar-refractivity contribution in [2.75, 3.05) is 30.4 Å². The van der Waals surface area contributed by atoms with Crippen molar-refractivity contribution in [3.05, 3.63) is 89.7 Å². The molecular weight excluding hydrogens is 561 g/mol. The number of nitrogens with one attached hydrogen (secondary N) is 1. The fourth-order valence-electron chi connectivity index (χ4n) is 4.77. The van der Waals surface area contributed by atoms with Gasteiger partial charge in [0.1, 0.15) is 11.9 Å². The number of ether oxygens (including phenoxy) is 2. The first kappa shape index (κ1) is 30.8. The SMILES string of the molecule is CCCNC(=O)C(Cc1ccccc1)N(Cc1ccccc1F)C(=O)CCCN(c1ccc2c(c1)OCO2)S(C)(=O)=O. The molecule has 0 aromatic heterocycles. The van der Waals surface area contributed by atoms with Crippen LogP contribution < -0.4 is 19.1 Å². The Hall–Kier alpha value is -4.12. The Labute approximate surface area is 246 Å². The van der Waals surface area contributed by atoms with Gasteiger partial charge in [-0.1, -0.05) is 55.5 Å². The van der Waals surface area contributed by atoms with Crippen molar-refractivity contribution in [3.63, 3.8) is 0 Å². The van der Waals surface area contributed by atoms with E-state index in [1.54, 1.807) is 36.4 Å². The molecule has 224 valence electrons. The molecule has 0 aliphatic carbocycles. The van der Waals surface area contributed by atoms with Gasteiger partial charge in [-0.15, -0.1) is 0 Å². The number of amides is 2. The number of benzene rings is 3. The minimum atomic E-state index is -3.69. The molecule has 4 rings (SSSR count). The van der Waals surface area contributed by atoms with Crippen molar-refractivity contribution < 1.29 is 31.9 Å². The van der Waals surface area contributed by atoms with Crippen LogP contribution >= 0.6 is 0 Å². The van der Waals surface area contributed by atoms with Crippen molar-refractivity contribution in [2.24, 2.45) is 0 Å². The van der Waals surface area contributed by atoms with Crippen molar-refractivity contribution in [1.82, 2.24) is 10.2 Å². The second kappa shape index (κ2) is 14.2. The van der Waals surface area contributed by atoms with Gasteiger partial charge in [0.2, 0.25) is 28.6 Å². The first-order chi connectivity index (χ1) is 20.2. The summed E-state index contributed by atoms with van der Waals surface area (Å²) in [5, 5.41) is 2.89. The number of halogens is 1. The maximum Gasteiger partial charge on any atom is 0.243 e. The van der Waals surface area contributed by atoms with E-state index in [2.05, 4.69) is 5.32 Å². The molecule has 1 unspecified atom stereocenters. The second-order valence-corrected chi connectivity index (χ2v) is 12.0. The van der Waals surface area contributed by atoms with E-state index in [4.69, 9.17) is 9.47 Å². The molecule has 0 bridgehead atoms. The lowest BCUT2D eigenvalue weighted by Crippen LogP contribution is -2.50. The van der Waals surface area contributed by atoms with Crippen LogP contribution in [0.4, 0.5) is 10.1 Å². The number of nitrogens with zero attached hydrogens (tertiary/aromatic N) is 2. The maximum atomic E-state index is 14.7. The van der Waals surface area contributed by atoms with Gasteiger partial charge < -0.3 is 19.7 Å². The quantitative estimate of drug-likeness (QED) is 0.298. The van der Waals surface area contributed by atoms with E-state index in [0.29, 0.717) is 30.2 Å². The fourth-order valence-corrected chi connectivity index (χ4v) is 5.73. The average molecular weight is 598 g/mol. The largest absolute Gasteiger partial charge is 0.454 e. The molecule has 0 fully saturated rings. The molecule has 0 saturated heterocycles. The van der Waals surface area contributed by atoms with Crippen LogP contribution in [0.15, 0.2) is 72.8 Å². The lowest BCUT2D eigenvalue weighted by atomic mass is 10.0. The number of carbonyl (C=O) groups excluding carboxylic acids is 2. The van der Waals surface area contributed by atoms with Crippen molar-refractivity contribution in [2.45, 2.75) is 45.2 Å². The molecule has 1 N–H and O–H groups in total. The average Bonchev–Trinajstić information content (AvgIpc) is 3.44. The van der Waals surface area contributed by atoms with Gasteiger partial charge in [-0.05, 0) is 36.6 Å². The topological polar surface area (TPSA) is 105 Å². The van der Waals surface area contributed by atoms with Gasteiger partial charge in [0.05, 0.1) is 11.9 Å². The molecule has 1 aliphatic heterocycles. The summed E-state index contributed by atoms with van der Waals surface area (Å²) in [5.74, 6) is -0.227.